The summed E-state index contributed by atoms with van der Waals surface area (Å²) in [6.45, 7) is 6.41. The summed E-state index contributed by atoms with van der Waals surface area (Å²) < 4.78 is 11.2. The second kappa shape index (κ2) is 11.5. The van der Waals surface area contributed by atoms with Crippen LogP contribution in [0.3, 0.4) is 0 Å². The first-order chi connectivity index (χ1) is 16.5. The lowest BCUT2D eigenvalue weighted by atomic mass is 9.97. The van der Waals surface area contributed by atoms with Crippen LogP contribution in [0.1, 0.15) is 41.6 Å². The second-order valence-electron chi connectivity index (χ2n) is 8.64. The summed E-state index contributed by atoms with van der Waals surface area (Å²) in [4.78, 5) is 14.3. The predicted molar refractivity (Wildman–Crippen MR) is 126 cm³/mol. The number of carbonyl (C=O) groups is 1. The zero-order chi connectivity index (χ0) is 23.9. The van der Waals surface area contributed by atoms with Crippen molar-refractivity contribution in [2.75, 3.05) is 32.9 Å². The average Bonchev–Trinajstić information content (AvgIpc) is 2.86. The van der Waals surface area contributed by atoms with E-state index in [0.717, 1.165) is 49.5 Å². The average molecular weight is 466 g/mol. The lowest BCUT2D eigenvalue weighted by Gasteiger charge is -2.31. The lowest BCUT2D eigenvalue weighted by molar-refractivity contribution is -0.134. The van der Waals surface area contributed by atoms with Crippen LogP contribution in [0, 0.1) is 11.8 Å². The SMILES string of the molecule is C[C@@H](O)[C@H](NC1CCOc2cc(C#Cc3ccc(CN4CCOCC4)cc3)ccc21)C(=O)NO. The number of rotatable bonds is 6. The molecule has 1 unspecified atom stereocenters. The minimum absolute atomic E-state index is 0.193. The number of hydroxylamine groups is 1. The van der Waals surface area contributed by atoms with Gasteiger partial charge in [0.2, 0.25) is 0 Å². The molecule has 1 saturated heterocycles. The van der Waals surface area contributed by atoms with Crippen LogP contribution in [0.5, 0.6) is 5.75 Å². The highest BCUT2D eigenvalue weighted by Gasteiger charge is 2.30. The predicted octanol–water partition coefficient (Wildman–Crippen LogP) is 1.59. The van der Waals surface area contributed by atoms with Gasteiger partial charge in [-0.2, -0.15) is 0 Å². The molecular weight excluding hydrogens is 434 g/mol. The molecule has 180 valence electrons. The number of carbonyl (C=O) groups excluding carboxylic acids is 1. The van der Waals surface area contributed by atoms with Gasteiger partial charge in [-0.05, 0) is 36.8 Å². The smallest absolute Gasteiger partial charge is 0.263 e. The summed E-state index contributed by atoms with van der Waals surface area (Å²) in [7, 11) is 0. The minimum atomic E-state index is -0.969. The summed E-state index contributed by atoms with van der Waals surface area (Å²) >= 11 is 0. The largest absolute Gasteiger partial charge is 0.493 e. The van der Waals surface area contributed by atoms with E-state index in [2.05, 4.69) is 34.2 Å². The first-order valence-corrected chi connectivity index (χ1v) is 11.6. The van der Waals surface area contributed by atoms with Gasteiger partial charge in [0.25, 0.3) is 5.91 Å². The number of morpholine rings is 1. The molecule has 34 heavy (non-hydrogen) atoms. The Balaban J connectivity index is 1.42. The molecule has 0 bridgehead atoms. The molecule has 3 atom stereocenters. The number of nitrogens with one attached hydrogen (secondary N) is 2. The molecule has 0 saturated carbocycles. The van der Waals surface area contributed by atoms with E-state index in [1.165, 1.54) is 12.5 Å². The maximum absolute atomic E-state index is 11.9. The Labute approximate surface area is 199 Å². The molecule has 8 heteroatoms. The summed E-state index contributed by atoms with van der Waals surface area (Å²) in [6, 6.07) is 12.9. The number of aliphatic hydroxyl groups is 1. The first-order valence-electron chi connectivity index (χ1n) is 11.6. The first kappa shape index (κ1) is 24.2. The highest BCUT2D eigenvalue weighted by atomic mass is 16.5. The highest BCUT2D eigenvalue weighted by Crippen LogP contribution is 2.33. The van der Waals surface area contributed by atoms with Gasteiger partial charge in [0.05, 0.1) is 25.9 Å². The van der Waals surface area contributed by atoms with Crippen molar-refractivity contribution in [1.29, 1.82) is 0 Å². The van der Waals surface area contributed by atoms with Crippen molar-refractivity contribution in [1.82, 2.24) is 15.7 Å². The Morgan fingerprint density at radius 3 is 2.53 bits per heavy atom. The Kier molecular flexibility index (Phi) is 8.16. The van der Waals surface area contributed by atoms with Crippen LogP contribution in [0.15, 0.2) is 42.5 Å². The molecule has 2 aromatic carbocycles. The van der Waals surface area contributed by atoms with Crippen molar-refractivity contribution in [2.45, 2.75) is 38.1 Å². The molecule has 2 aliphatic heterocycles. The summed E-state index contributed by atoms with van der Waals surface area (Å²) in [5, 5.41) is 22.0. The Bertz CT molecular complexity index is 1040. The molecule has 4 N–H and O–H groups in total. The molecule has 1 amide bonds. The summed E-state index contributed by atoms with van der Waals surface area (Å²) in [5.74, 6) is 6.43. The molecule has 1 fully saturated rings. The van der Waals surface area contributed by atoms with Crippen molar-refractivity contribution in [2.24, 2.45) is 0 Å². The van der Waals surface area contributed by atoms with Gasteiger partial charge >= 0.3 is 0 Å². The topological polar surface area (TPSA) is 103 Å². The van der Waals surface area contributed by atoms with Crippen LogP contribution in [-0.4, -0.2) is 66.2 Å². The van der Waals surface area contributed by atoms with Crippen molar-refractivity contribution >= 4 is 5.91 Å². The molecular formula is C26H31N3O5. The molecule has 0 radical (unpaired) electrons. The fourth-order valence-corrected chi connectivity index (χ4v) is 4.22. The van der Waals surface area contributed by atoms with Gasteiger partial charge in [0.15, 0.2) is 0 Å². The zero-order valence-electron chi connectivity index (χ0n) is 19.3. The van der Waals surface area contributed by atoms with Crippen LogP contribution >= 0.6 is 0 Å². The molecule has 4 rings (SSSR count). The van der Waals surface area contributed by atoms with Gasteiger partial charge < -0.3 is 14.6 Å². The molecule has 2 heterocycles. The summed E-state index contributed by atoms with van der Waals surface area (Å²) in [5.41, 5.74) is 5.53. The number of aliphatic hydroxyl groups excluding tert-OH is 1. The lowest BCUT2D eigenvalue weighted by Crippen LogP contribution is -2.51. The second-order valence-corrected chi connectivity index (χ2v) is 8.64. The fourth-order valence-electron chi connectivity index (χ4n) is 4.22. The van der Waals surface area contributed by atoms with Gasteiger partial charge in [-0.25, -0.2) is 5.48 Å². The van der Waals surface area contributed by atoms with Gasteiger partial charge in [0.1, 0.15) is 11.8 Å². The molecule has 2 aromatic rings. The van der Waals surface area contributed by atoms with Crippen molar-refractivity contribution in [3.05, 3.63) is 64.7 Å². The van der Waals surface area contributed by atoms with E-state index in [0.29, 0.717) is 18.8 Å². The van der Waals surface area contributed by atoms with Gasteiger partial charge in [0, 0.05) is 48.8 Å². The summed E-state index contributed by atoms with van der Waals surface area (Å²) in [6.07, 6.45) is -0.333. The fraction of sp³-hybridized carbons (Fsp3) is 0.423. The van der Waals surface area contributed by atoms with Crippen LogP contribution < -0.4 is 15.5 Å². The molecule has 8 nitrogen and oxygen atoms in total. The Morgan fingerprint density at radius 1 is 1.12 bits per heavy atom. The van der Waals surface area contributed by atoms with E-state index in [-0.39, 0.29) is 6.04 Å². The normalized spacial score (nSPS) is 19.7. The third-order valence-electron chi connectivity index (χ3n) is 6.12. The maximum Gasteiger partial charge on any atom is 0.263 e. The van der Waals surface area contributed by atoms with E-state index >= 15 is 0 Å². The quantitative estimate of drug-likeness (QED) is 0.292. The van der Waals surface area contributed by atoms with Crippen LogP contribution in [-0.2, 0) is 16.1 Å². The molecule has 0 aliphatic carbocycles. The Hall–Kier alpha value is -2.93. The highest BCUT2D eigenvalue weighted by molar-refractivity contribution is 5.81. The number of nitrogens with zero attached hydrogens (tertiary/aromatic N) is 1. The van der Waals surface area contributed by atoms with E-state index in [1.54, 1.807) is 5.48 Å². The van der Waals surface area contributed by atoms with Crippen molar-refractivity contribution in [3.63, 3.8) is 0 Å². The van der Waals surface area contributed by atoms with E-state index in [1.807, 2.05) is 30.3 Å². The van der Waals surface area contributed by atoms with Gasteiger partial charge in [-0.3, -0.25) is 20.2 Å². The van der Waals surface area contributed by atoms with Gasteiger partial charge in [-0.15, -0.1) is 0 Å². The van der Waals surface area contributed by atoms with E-state index < -0.39 is 18.1 Å². The number of ether oxygens (including phenoxy) is 2. The minimum Gasteiger partial charge on any atom is -0.493 e. The third kappa shape index (κ3) is 6.14. The number of benzene rings is 2. The van der Waals surface area contributed by atoms with Crippen molar-refractivity contribution in [3.8, 4) is 17.6 Å². The van der Waals surface area contributed by atoms with E-state index in [4.69, 9.17) is 14.7 Å². The number of amides is 1. The Morgan fingerprint density at radius 2 is 1.82 bits per heavy atom. The third-order valence-corrected chi connectivity index (χ3v) is 6.12. The van der Waals surface area contributed by atoms with Crippen LogP contribution in [0.25, 0.3) is 0 Å². The molecule has 0 aromatic heterocycles. The standard InChI is InChI=1S/C26H31N3O5/c1-18(30)25(26(31)28-32)27-23-10-13-34-24-16-20(8-9-22(23)24)5-2-19-3-6-21(7-4-19)17-29-11-14-33-15-12-29/h3-4,6-9,16,18,23,25,27,30,32H,10-15,17H2,1H3,(H,28,31)/t18-,23?,25+/m1/s1. The van der Waals surface area contributed by atoms with E-state index in [9.17, 15) is 9.90 Å². The number of hydrogen-bond donors (Lipinski definition) is 4. The van der Waals surface area contributed by atoms with Crippen LogP contribution in [0.4, 0.5) is 0 Å². The molecule has 2 aliphatic rings. The van der Waals surface area contributed by atoms with Gasteiger partial charge in [-0.1, -0.05) is 30.0 Å². The zero-order valence-corrected chi connectivity index (χ0v) is 19.3. The molecule has 0 spiro atoms. The maximum atomic E-state index is 11.9. The number of hydrogen-bond acceptors (Lipinski definition) is 7. The van der Waals surface area contributed by atoms with Crippen LogP contribution in [0.2, 0.25) is 0 Å². The number of fused-ring (bicyclic) bond motifs is 1. The monoisotopic (exact) mass is 465 g/mol. The van der Waals surface area contributed by atoms with Crippen molar-refractivity contribution < 1.29 is 24.6 Å².